The zero-order valence-corrected chi connectivity index (χ0v) is 13.5. The molecule has 1 aromatic carbocycles. The van der Waals surface area contributed by atoms with E-state index in [-0.39, 0.29) is 18.3 Å². The van der Waals surface area contributed by atoms with E-state index in [1.54, 1.807) is 0 Å². The summed E-state index contributed by atoms with van der Waals surface area (Å²) >= 11 is 0. The molecule has 2 saturated heterocycles. The lowest BCUT2D eigenvalue weighted by Gasteiger charge is -2.31. The summed E-state index contributed by atoms with van der Waals surface area (Å²) < 4.78 is 0. The lowest BCUT2D eigenvalue weighted by molar-refractivity contribution is -0.137. The van der Waals surface area contributed by atoms with Crippen LogP contribution in [0.5, 0.6) is 0 Å². The highest BCUT2D eigenvalue weighted by Gasteiger charge is 2.34. The molecular weight excluding hydrogens is 284 g/mol. The van der Waals surface area contributed by atoms with Crippen LogP contribution in [-0.4, -0.2) is 30.4 Å². The fraction of sp³-hybridized carbons (Fsp3) is 0.588. The average Bonchev–Trinajstić information content (AvgIpc) is 2.97. The molecule has 116 valence electrons. The van der Waals surface area contributed by atoms with Crippen molar-refractivity contribution in [3.63, 3.8) is 0 Å². The van der Waals surface area contributed by atoms with Crippen molar-refractivity contribution in [2.75, 3.05) is 19.6 Å². The summed E-state index contributed by atoms with van der Waals surface area (Å²) in [6.45, 7) is 4.99. The van der Waals surface area contributed by atoms with Crippen molar-refractivity contribution in [1.82, 2.24) is 10.2 Å². The Balaban J connectivity index is 0.00000161. The van der Waals surface area contributed by atoms with Gasteiger partial charge < -0.3 is 10.2 Å². The first-order chi connectivity index (χ1) is 9.77. The van der Waals surface area contributed by atoms with Gasteiger partial charge in [-0.15, -0.1) is 12.4 Å². The molecule has 2 heterocycles. The minimum atomic E-state index is 0. The molecule has 3 rings (SSSR count). The molecule has 1 unspecified atom stereocenters. The van der Waals surface area contributed by atoms with Crippen LogP contribution >= 0.6 is 12.4 Å². The summed E-state index contributed by atoms with van der Waals surface area (Å²) in [5.74, 6) is 0.552. The van der Waals surface area contributed by atoms with E-state index in [2.05, 4.69) is 41.4 Å². The van der Waals surface area contributed by atoms with E-state index in [0.29, 0.717) is 11.9 Å². The SMILES string of the molecule is Cc1ccccc1C1CCCN1C(=O)[C@@H]1CCCNC1.Cl. The number of hydrogen-bond acceptors (Lipinski definition) is 2. The molecule has 1 amide bonds. The molecule has 0 bridgehead atoms. The standard InChI is InChI=1S/C17H24N2O.ClH/c1-13-6-2-3-8-15(13)16-9-5-11-19(16)17(20)14-7-4-10-18-12-14;/h2-3,6,8,14,16,18H,4-5,7,9-12H2,1H3;1H/t14-,16?;/m1./s1. The van der Waals surface area contributed by atoms with E-state index in [4.69, 9.17) is 0 Å². The topological polar surface area (TPSA) is 32.3 Å². The van der Waals surface area contributed by atoms with Gasteiger partial charge >= 0.3 is 0 Å². The van der Waals surface area contributed by atoms with Crippen LogP contribution in [0.3, 0.4) is 0 Å². The molecule has 4 heteroatoms. The van der Waals surface area contributed by atoms with Gasteiger partial charge in [-0.3, -0.25) is 4.79 Å². The molecule has 2 aliphatic heterocycles. The predicted octanol–water partition coefficient (Wildman–Crippen LogP) is 3.08. The van der Waals surface area contributed by atoms with Gasteiger partial charge in [0.25, 0.3) is 0 Å². The Morgan fingerprint density at radius 3 is 2.76 bits per heavy atom. The molecule has 21 heavy (non-hydrogen) atoms. The smallest absolute Gasteiger partial charge is 0.227 e. The number of likely N-dealkylation sites (tertiary alicyclic amines) is 1. The third-order valence-electron chi connectivity index (χ3n) is 4.73. The molecule has 2 atom stereocenters. The number of benzene rings is 1. The molecule has 2 aliphatic rings. The Morgan fingerprint density at radius 1 is 1.24 bits per heavy atom. The van der Waals surface area contributed by atoms with Crippen LogP contribution < -0.4 is 5.32 Å². The number of amides is 1. The number of carbonyl (C=O) groups excluding carboxylic acids is 1. The van der Waals surface area contributed by atoms with E-state index < -0.39 is 0 Å². The number of halogens is 1. The van der Waals surface area contributed by atoms with Gasteiger partial charge in [0.1, 0.15) is 0 Å². The van der Waals surface area contributed by atoms with Gasteiger partial charge in [-0.05, 0) is 50.3 Å². The predicted molar refractivity (Wildman–Crippen MR) is 87.7 cm³/mol. The van der Waals surface area contributed by atoms with Crippen molar-refractivity contribution in [3.05, 3.63) is 35.4 Å². The Hall–Kier alpha value is -1.06. The highest BCUT2D eigenvalue weighted by Crippen LogP contribution is 2.35. The van der Waals surface area contributed by atoms with Crippen LogP contribution in [0, 0.1) is 12.8 Å². The largest absolute Gasteiger partial charge is 0.335 e. The third kappa shape index (κ3) is 3.41. The van der Waals surface area contributed by atoms with Crippen LogP contribution in [0.15, 0.2) is 24.3 Å². The van der Waals surface area contributed by atoms with Crippen molar-refractivity contribution in [1.29, 1.82) is 0 Å². The monoisotopic (exact) mass is 308 g/mol. The maximum absolute atomic E-state index is 12.8. The second-order valence-corrected chi connectivity index (χ2v) is 6.09. The summed E-state index contributed by atoms with van der Waals surface area (Å²) in [6, 6.07) is 8.80. The summed E-state index contributed by atoms with van der Waals surface area (Å²) in [7, 11) is 0. The summed E-state index contributed by atoms with van der Waals surface area (Å²) in [4.78, 5) is 14.9. The number of piperidine rings is 1. The molecule has 0 aromatic heterocycles. The number of carbonyl (C=O) groups is 1. The molecule has 2 fully saturated rings. The fourth-order valence-corrected chi connectivity index (χ4v) is 3.61. The highest BCUT2D eigenvalue weighted by molar-refractivity contribution is 5.85. The molecule has 0 saturated carbocycles. The van der Waals surface area contributed by atoms with Crippen molar-refractivity contribution >= 4 is 18.3 Å². The van der Waals surface area contributed by atoms with Gasteiger partial charge in [-0.25, -0.2) is 0 Å². The lowest BCUT2D eigenvalue weighted by atomic mass is 9.95. The van der Waals surface area contributed by atoms with Crippen LogP contribution in [0.25, 0.3) is 0 Å². The van der Waals surface area contributed by atoms with E-state index in [1.165, 1.54) is 11.1 Å². The second-order valence-electron chi connectivity index (χ2n) is 6.09. The van der Waals surface area contributed by atoms with E-state index >= 15 is 0 Å². The van der Waals surface area contributed by atoms with Gasteiger partial charge in [-0.2, -0.15) is 0 Å². The van der Waals surface area contributed by atoms with Crippen molar-refractivity contribution in [3.8, 4) is 0 Å². The minimum absolute atomic E-state index is 0. The summed E-state index contributed by atoms with van der Waals surface area (Å²) in [5, 5.41) is 3.36. The second kappa shape index (κ2) is 7.28. The van der Waals surface area contributed by atoms with Crippen LogP contribution in [-0.2, 0) is 4.79 Å². The maximum Gasteiger partial charge on any atom is 0.227 e. The zero-order chi connectivity index (χ0) is 13.9. The molecule has 1 N–H and O–H groups in total. The Kier molecular flexibility index (Phi) is 5.65. The normalized spacial score (nSPS) is 25.5. The number of nitrogens with one attached hydrogen (secondary N) is 1. The maximum atomic E-state index is 12.8. The zero-order valence-electron chi connectivity index (χ0n) is 12.7. The molecule has 3 nitrogen and oxygen atoms in total. The lowest BCUT2D eigenvalue weighted by Crippen LogP contribution is -2.42. The van der Waals surface area contributed by atoms with Crippen molar-refractivity contribution in [2.45, 2.75) is 38.6 Å². The highest BCUT2D eigenvalue weighted by atomic mass is 35.5. The van der Waals surface area contributed by atoms with Crippen LogP contribution in [0.4, 0.5) is 0 Å². The van der Waals surface area contributed by atoms with Gasteiger partial charge in [0.2, 0.25) is 5.91 Å². The molecule has 0 aliphatic carbocycles. The Bertz CT molecular complexity index is 485. The van der Waals surface area contributed by atoms with Gasteiger partial charge in [0, 0.05) is 13.1 Å². The first kappa shape index (κ1) is 16.3. The molecule has 1 aromatic rings. The number of hydrogen-bond donors (Lipinski definition) is 1. The number of rotatable bonds is 2. The Labute approximate surface area is 133 Å². The molecule has 0 spiro atoms. The first-order valence-electron chi connectivity index (χ1n) is 7.84. The van der Waals surface area contributed by atoms with E-state index in [1.807, 2.05) is 0 Å². The van der Waals surface area contributed by atoms with Crippen molar-refractivity contribution < 1.29 is 4.79 Å². The quantitative estimate of drug-likeness (QED) is 0.910. The summed E-state index contributed by atoms with van der Waals surface area (Å²) in [5.41, 5.74) is 2.64. The van der Waals surface area contributed by atoms with E-state index in [0.717, 1.165) is 45.3 Å². The van der Waals surface area contributed by atoms with Crippen LogP contribution in [0.1, 0.15) is 42.9 Å². The third-order valence-corrected chi connectivity index (χ3v) is 4.73. The average molecular weight is 309 g/mol. The van der Waals surface area contributed by atoms with Gasteiger partial charge in [0.15, 0.2) is 0 Å². The van der Waals surface area contributed by atoms with Gasteiger partial charge in [0.05, 0.1) is 12.0 Å². The first-order valence-corrected chi connectivity index (χ1v) is 7.84. The van der Waals surface area contributed by atoms with E-state index in [9.17, 15) is 4.79 Å². The Morgan fingerprint density at radius 2 is 2.05 bits per heavy atom. The molecular formula is C17H25ClN2O. The van der Waals surface area contributed by atoms with Crippen LogP contribution in [0.2, 0.25) is 0 Å². The number of aryl methyl sites for hydroxylation is 1. The van der Waals surface area contributed by atoms with Gasteiger partial charge in [-0.1, -0.05) is 24.3 Å². The molecule has 0 radical (unpaired) electrons. The minimum Gasteiger partial charge on any atom is -0.335 e. The fourth-order valence-electron chi connectivity index (χ4n) is 3.61. The number of nitrogens with zero attached hydrogens (tertiary/aromatic N) is 1. The summed E-state index contributed by atoms with van der Waals surface area (Å²) in [6.07, 6.45) is 4.41. The van der Waals surface area contributed by atoms with Crippen molar-refractivity contribution in [2.24, 2.45) is 5.92 Å².